The first-order valence-electron chi connectivity index (χ1n) is 10.00. The maximum absolute atomic E-state index is 4.50. The van der Waals surface area contributed by atoms with E-state index in [0.29, 0.717) is 5.92 Å². The summed E-state index contributed by atoms with van der Waals surface area (Å²) < 4.78 is 1.40. The van der Waals surface area contributed by atoms with E-state index in [1.54, 1.807) is 6.20 Å². The lowest BCUT2D eigenvalue weighted by Gasteiger charge is -2.31. The van der Waals surface area contributed by atoms with Gasteiger partial charge in [-0.25, -0.2) is 0 Å². The van der Waals surface area contributed by atoms with E-state index in [0.717, 1.165) is 37.3 Å². The van der Waals surface area contributed by atoms with Crippen molar-refractivity contribution >= 4 is 21.4 Å². The number of rotatable bonds is 5. The van der Waals surface area contributed by atoms with Crippen molar-refractivity contribution in [2.75, 3.05) is 19.6 Å². The predicted octanol–water partition coefficient (Wildman–Crippen LogP) is 5.11. The van der Waals surface area contributed by atoms with Crippen LogP contribution >= 0.6 is 11.3 Å². The predicted molar refractivity (Wildman–Crippen MR) is 116 cm³/mol. The molecule has 1 aliphatic heterocycles. The van der Waals surface area contributed by atoms with Gasteiger partial charge in [0.15, 0.2) is 0 Å². The van der Waals surface area contributed by atoms with Gasteiger partial charge < -0.3 is 4.90 Å². The lowest BCUT2D eigenvalue weighted by atomic mass is 9.93. The zero-order valence-corrected chi connectivity index (χ0v) is 16.7. The minimum atomic E-state index is 0.580. The van der Waals surface area contributed by atoms with Crippen LogP contribution < -0.4 is 0 Å². The van der Waals surface area contributed by atoms with E-state index in [1.807, 2.05) is 23.6 Å². The topological polar surface area (TPSA) is 44.8 Å². The van der Waals surface area contributed by atoms with Crippen LogP contribution in [0.15, 0.2) is 60.2 Å². The molecule has 0 saturated carbocycles. The van der Waals surface area contributed by atoms with Crippen LogP contribution in [0.2, 0.25) is 0 Å². The monoisotopic (exact) mass is 388 g/mol. The van der Waals surface area contributed by atoms with Crippen molar-refractivity contribution in [2.24, 2.45) is 0 Å². The van der Waals surface area contributed by atoms with Crippen LogP contribution in [-0.2, 0) is 6.42 Å². The van der Waals surface area contributed by atoms with Gasteiger partial charge in [-0.05, 0) is 72.9 Å². The number of nitrogens with zero attached hydrogens (tertiary/aromatic N) is 3. The molecule has 1 aromatic carbocycles. The Bertz CT molecular complexity index is 1040. The Labute approximate surface area is 169 Å². The number of fused-ring (bicyclic) bond motifs is 1. The number of H-pyrrole nitrogens is 1. The average molecular weight is 389 g/mol. The summed E-state index contributed by atoms with van der Waals surface area (Å²) in [6.45, 7) is 3.47. The SMILES string of the molecule is c1cncc(-c2cc(C3CCN(CCc4csc5ccccc45)CC3)[nH]n2)c1. The molecule has 1 N–H and O–H groups in total. The molecule has 3 aromatic heterocycles. The highest BCUT2D eigenvalue weighted by atomic mass is 32.1. The maximum Gasteiger partial charge on any atom is 0.0939 e. The second-order valence-corrected chi connectivity index (χ2v) is 8.48. The molecule has 5 rings (SSSR count). The Morgan fingerprint density at radius 1 is 1.11 bits per heavy atom. The highest BCUT2D eigenvalue weighted by molar-refractivity contribution is 7.17. The summed E-state index contributed by atoms with van der Waals surface area (Å²) in [4.78, 5) is 6.81. The van der Waals surface area contributed by atoms with Gasteiger partial charge in [-0.1, -0.05) is 18.2 Å². The molecule has 1 fully saturated rings. The third-order valence-electron chi connectivity index (χ3n) is 5.84. The van der Waals surface area contributed by atoms with Crippen molar-refractivity contribution in [2.45, 2.75) is 25.2 Å². The van der Waals surface area contributed by atoms with Crippen molar-refractivity contribution in [3.05, 3.63) is 71.5 Å². The van der Waals surface area contributed by atoms with E-state index in [-0.39, 0.29) is 0 Å². The number of pyridine rings is 1. The van der Waals surface area contributed by atoms with E-state index >= 15 is 0 Å². The van der Waals surface area contributed by atoms with Crippen molar-refractivity contribution in [3.8, 4) is 11.3 Å². The fraction of sp³-hybridized carbons (Fsp3) is 0.304. The number of piperidine rings is 1. The molecular formula is C23H24N4S. The summed E-state index contributed by atoms with van der Waals surface area (Å²) in [5, 5.41) is 11.5. The first-order valence-corrected chi connectivity index (χ1v) is 10.9. The molecule has 0 unspecified atom stereocenters. The third kappa shape index (κ3) is 3.60. The molecule has 4 heterocycles. The number of nitrogens with one attached hydrogen (secondary N) is 1. The Hall–Kier alpha value is -2.50. The summed E-state index contributed by atoms with van der Waals surface area (Å²) in [7, 11) is 0. The van der Waals surface area contributed by atoms with Gasteiger partial charge in [0.2, 0.25) is 0 Å². The fourth-order valence-corrected chi connectivity index (χ4v) is 5.18. The van der Waals surface area contributed by atoms with Gasteiger partial charge in [-0.3, -0.25) is 10.1 Å². The number of thiophene rings is 1. The molecule has 4 aromatic rings. The molecule has 0 amide bonds. The molecule has 0 bridgehead atoms. The van der Waals surface area contributed by atoms with Gasteiger partial charge in [-0.15, -0.1) is 11.3 Å². The largest absolute Gasteiger partial charge is 0.303 e. The molecule has 1 aliphatic rings. The van der Waals surface area contributed by atoms with Crippen molar-refractivity contribution in [1.82, 2.24) is 20.1 Å². The number of likely N-dealkylation sites (tertiary alicyclic amines) is 1. The maximum atomic E-state index is 4.50. The molecule has 142 valence electrons. The Kier molecular flexibility index (Phi) is 4.93. The lowest BCUT2D eigenvalue weighted by Crippen LogP contribution is -2.34. The zero-order chi connectivity index (χ0) is 18.8. The summed E-state index contributed by atoms with van der Waals surface area (Å²) in [6.07, 6.45) is 7.20. The third-order valence-corrected chi connectivity index (χ3v) is 6.85. The first-order chi connectivity index (χ1) is 13.9. The molecule has 28 heavy (non-hydrogen) atoms. The Balaban J connectivity index is 1.17. The van der Waals surface area contributed by atoms with E-state index in [9.17, 15) is 0 Å². The van der Waals surface area contributed by atoms with Crippen LogP contribution in [0.1, 0.15) is 30.0 Å². The minimum Gasteiger partial charge on any atom is -0.303 e. The van der Waals surface area contributed by atoms with Gasteiger partial charge in [0.25, 0.3) is 0 Å². The highest BCUT2D eigenvalue weighted by Gasteiger charge is 2.22. The van der Waals surface area contributed by atoms with Crippen LogP contribution in [0.4, 0.5) is 0 Å². The number of hydrogen-bond acceptors (Lipinski definition) is 4. The van der Waals surface area contributed by atoms with Crippen LogP contribution in [-0.4, -0.2) is 39.7 Å². The quantitative estimate of drug-likeness (QED) is 0.517. The molecule has 0 spiro atoms. The number of benzene rings is 1. The summed E-state index contributed by atoms with van der Waals surface area (Å²) in [5.74, 6) is 0.580. The van der Waals surface area contributed by atoms with Gasteiger partial charge in [-0.2, -0.15) is 5.10 Å². The molecule has 4 nitrogen and oxygen atoms in total. The normalized spacial score (nSPS) is 16.0. The molecular weight excluding hydrogens is 364 g/mol. The summed E-state index contributed by atoms with van der Waals surface area (Å²) in [6, 6.07) is 15.0. The van der Waals surface area contributed by atoms with Crippen molar-refractivity contribution in [1.29, 1.82) is 0 Å². The van der Waals surface area contributed by atoms with E-state index in [4.69, 9.17) is 0 Å². The number of aromatic nitrogens is 3. The number of hydrogen-bond donors (Lipinski definition) is 1. The van der Waals surface area contributed by atoms with Gasteiger partial charge in [0.05, 0.1) is 5.69 Å². The van der Waals surface area contributed by atoms with Crippen LogP contribution in [0, 0.1) is 0 Å². The molecule has 0 radical (unpaired) electrons. The fourth-order valence-electron chi connectivity index (χ4n) is 4.18. The van der Waals surface area contributed by atoms with Crippen molar-refractivity contribution in [3.63, 3.8) is 0 Å². The van der Waals surface area contributed by atoms with Crippen LogP contribution in [0.5, 0.6) is 0 Å². The highest BCUT2D eigenvalue weighted by Crippen LogP contribution is 2.30. The molecule has 5 heteroatoms. The zero-order valence-electron chi connectivity index (χ0n) is 15.8. The second kappa shape index (κ2) is 7.86. The Morgan fingerprint density at radius 2 is 2.00 bits per heavy atom. The van der Waals surface area contributed by atoms with Gasteiger partial charge in [0.1, 0.15) is 0 Å². The first kappa shape index (κ1) is 17.6. The molecule has 0 atom stereocenters. The molecule has 0 aliphatic carbocycles. The van der Waals surface area contributed by atoms with E-state index in [2.05, 4.69) is 61.9 Å². The standard InChI is InChI=1S/C23H24N4S/c1-2-6-23-20(5-1)19(16-28-23)9-13-27-11-7-17(8-12-27)21-14-22(26-25-21)18-4-3-10-24-15-18/h1-6,10,14-17H,7-9,11-13H2,(H,25,26). The average Bonchev–Trinajstić information content (AvgIpc) is 3.41. The van der Waals surface area contributed by atoms with Crippen molar-refractivity contribution < 1.29 is 0 Å². The van der Waals surface area contributed by atoms with E-state index < -0.39 is 0 Å². The minimum absolute atomic E-state index is 0.580. The summed E-state index contributed by atoms with van der Waals surface area (Å²) in [5.41, 5.74) is 4.83. The van der Waals surface area contributed by atoms with Crippen LogP contribution in [0.25, 0.3) is 21.3 Å². The number of aromatic amines is 1. The van der Waals surface area contributed by atoms with Gasteiger partial charge >= 0.3 is 0 Å². The molecule has 1 saturated heterocycles. The van der Waals surface area contributed by atoms with Crippen LogP contribution in [0.3, 0.4) is 0 Å². The summed E-state index contributed by atoms with van der Waals surface area (Å²) >= 11 is 1.86. The Morgan fingerprint density at radius 3 is 2.86 bits per heavy atom. The smallest absolute Gasteiger partial charge is 0.0939 e. The van der Waals surface area contributed by atoms with Gasteiger partial charge in [0, 0.05) is 40.8 Å². The lowest BCUT2D eigenvalue weighted by molar-refractivity contribution is 0.213. The second-order valence-electron chi connectivity index (χ2n) is 7.57. The van der Waals surface area contributed by atoms with E-state index in [1.165, 1.54) is 34.2 Å².